The predicted octanol–water partition coefficient (Wildman–Crippen LogP) is 1.01. The number of alkyl carbamates (subject to hydrolysis) is 1. The zero-order chi connectivity index (χ0) is 23.3. The Bertz CT molecular complexity index is 929. The first-order chi connectivity index (χ1) is 15.2. The lowest BCUT2D eigenvalue weighted by Crippen LogP contribution is -2.39. The lowest BCUT2D eigenvalue weighted by Gasteiger charge is -2.28. The van der Waals surface area contributed by atoms with Crippen LogP contribution in [0.5, 0.6) is 11.8 Å². The number of allylic oxidation sites excluding steroid dienone is 1. The lowest BCUT2D eigenvalue weighted by molar-refractivity contribution is -0.157. The summed E-state index contributed by atoms with van der Waals surface area (Å²) in [5.74, 6) is -2.24. The maximum Gasteiger partial charge on any atom is 0.407 e. The van der Waals surface area contributed by atoms with E-state index < -0.39 is 47.2 Å². The van der Waals surface area contributed by atoms with E-state index in [9.17, 15) is 29.4 Å². The van der Waals surface area contributed by atoms with E-state index in [4.69, 9.17) is 9.57 Å². The molecule has 32 heavy (non-hydrogen) atoms. The maximum absolute atomic E-state index is 12.6. The van der Waals surface area contributed by atoms with E-state index in [2.05, 4.69) is 5.32 Å². The fourth-order valence-corrected chi connectivity index (χ4v) is 3.44. The van der Waals surface area contributed by atoms with Crippen LogP contribution in [-0.2, 0) is 19.1 Å². The molecule has 3 amide bonds. The molecular weight excluding hydrogens is 422 g/mol. The molecule has 11 nitrogen and oxygen atoms in total. The van der Waals surface area contributed by atoms with Gasteiger partial charge in [0.2, 0.25) is 11.8 Å². The topological polar surface area (TPSA) is 147 Å². The van der Waals surface area contributed by atoms with Gasteiger partial charge in [-0.3, -0.25) is 14.5 Å². The van der Waals surface area contributed by atoms with Gasteiger partial charge in [-0.15, -0.1) is 4.73 Å². The van der Waals surface area contributed by atoms with Crippen molar-refractivity contribution < 1.29 is 39.0 Å². The molecular formula is C21H25N3O8. The van der Waals surface area contributed by atoms with Crippen LogP contribution in [0.15, 0.2) is 36.4 Å². The normalized spacial score (nSPS) is 23.0. The fourth-order valence-electron chi connectivity index (χ4n) is 3.44. The number of nitrogens with one attached hydrogen (secondary N) is 1. The highest BCUT2D eigenvalue weighted by Gasteiger charge is 2.36. The molecule has 2 heterocycles. The van der Waals surface area contributed by atoms with Crippen LogP contribution in [0, 0.1) is 5.41 Å². The van der Waals surface area contributed by atoms with Crippen molar-refractivity contribution in [3.63, 3.8) is 0 Å². The molecule has 11 heteroatoms. The number of carbonyl (C=O) groups is 4. The molecule has 3 rings (SSSR count). The first-order valence-corrected chi connectivity index (χ1v) is 10.2. The monoisotopic (exact) mass is 447 g/mol. The maximum atomic E-state index is 12.6. The van der Waals surface area contributed by atoms with Crippen LogP contribution in [0.3, 0.4) is 0 Å². The molecule has 0 fully saturated rings. The molecule has 1 aliphatic heterocycles. The smallest absolute Gasteiger partial charge is 0.407 e. The van der Waals surface area contributed by atoms with E-state index in [0.29, 0.717) is 30.4 Å². The highest BCUT2D eigenvalue weighted by atomic mass is 16.7. The summed E-state index contributed by atoms with van der Waals surface area (Å²) in [5.41, 5.74) is -0.893. The van der Waals surface area contributed by atoms with Gasteiger partial charge in [0.15, 0.2) is 0 Å². The van der Waals surface area contributed by atoms with Crippen LogP contribution in [-0.4, -0.2) is 62.9 Å². The van der Waals surface area contributed by atoms with E-state index in [-0.39, 0.29) is 13.1 Å². The van der Waals surface area contributed by atoms with Crippen molar-refractivity contribution in [3.8, 4) is 11.8 Å². The Morgan fingerprint density at radius 3 is 2.50 bits per heavy atom. The van der Waals surface area contributed by atoms with Gasteiger partial charge in [-0.1, -0.05) is 6.08 Å². The summed E-state index contributed by atoms with van der Waals surface area (Å²) in [6.07, 6.45) is 6.36. The minimum absolute atomic E-state index is 0.0489. The van der Waals surface area contributed by atoms with Gasteiger partial charge in [-0.2, -0.15) is 0 Å². The Morgan fingerprint density at radius 2 is 1.84 bits per heavy atom. The van der Waals surface area contributed by atoms with Gasteiger partial charge in [0.25, 0.3) is 11.8 Å². The minimum Gasteiger partial charge on any atom is -0.492 e. The number of hydrogen-bond acceptors (Lipinski definition) is 8. The van der Waals surface area contributed by atoms with Gasteiger partial charge >= 0.3 is 12.1 Å². The molecule has 0 radical (unpaired) electrons. The molecule has 2 aliphatic rings. The lowest BCUT2D eigenvalue weighted by atomic mass is 9.80. The van der Waals surface area contributed by atoms with Gasteiger partial charge in [-0.05, 0) is 38.7 Å². The molecule has 1 aliphatic carbocycles. The first kappa shape index (κ1) is 22.9. The van der Waals surface area contributed by atoms with E-state index in [1.54, 1.807) is 19.1 Å². The van der Waals surface area contributed by atoms with Crippen molar-refractivity contribution in [2.75, 3.05) is 13.1 Å². The second-order valence-electron chi connectivity index (χ2n) is 7.84. The summed E-state index contributed by atoms with van der Waals surface area (Å²) in [5, 5.41) is 21.8. The average Bonchev–Trinajstić information content (AvgIpc) is 3.22. The van der Waals surface area contributed by atoms with Crippen molar-refractivity contribution >= 4 is 23.9 Å². The zero-order valence-corrected chi connectivity index (χ0v) is 17.5. The Labute approximate surface area is 183 Å². The first-order valence-electron chi connectivity index (χ1n) is 10.2. The van der Waals surface area contributed by atoms with E-state index in [1.807, 2.05) is 0 Å². The molecule has 0 spiro atoms. The molecule has 1 aromatic heterocycles. The van der Waals surface area contributed by atoms with E-state index in [0.717, 1.165) is 4.90 Å². The highest BCUT2D eigenvalue weighted by molar-refractivity contribution is 6.12. The van der Waals surface area contributed by atoms with Crippen molar-refractivity contribution in [1.82, 2.24) is 14.9 Å². The molecule has 2 atom stereocenters. The van der Waals surface area contributed by atoms with Crippen LogP contribution in [0.1, 0.15) is 32.6 Å². The Balaban J connectivity index is 1.47. The third-order valence-electron chi connectivity index (χ3n) is 5.36. The standard InChI is InChI=1S/C21H25N3O8/c1-21(19(29)32-24-17(27)8-9-18(24)28)10-2-4-14(5-3-11-21)31-20(30)22-12-13-23-15(25)6-7-16(23)26/h2,4,6-9,14,27-28H,3,5,10-13H2,1H3,(H,22,30). The van der Waals surface area contributed by atoms with Crippen LogP contribution in [0.2, 0.25) is 0 Å². The zero-order valence-electron chi connectivity index (χ0n) is 17.5. The van der Waals surface area contributed by atoms with Crippen molar-refractivity contribution in [3.05, 3.63) is 36.4 Å². The number of imide groups is 1. The molecule has 0 bridgehead atoms. The van der Waals surface area contributed by atoms with E-state index >= 15 is 0 Å². The summed E-state index contributed by atoms with van der Waals surface area (Å²) >= 11 is 0. The SMILES string of the molecule is CC1(C(=O)On2c(O)ccc2O)CC=CC(OC(=O)NCCN2C(=O)C=CC2=O)CCC1. The third kappa shape index (κ3) is 5.29. The quantitative estimate of drug-likeness (QED) is 0.432. The van der Waals surface area contributed by atoms with Gasteiger partial charge in [0.1, 0.15) is 6.10 Å². The summed E-state index contributed by atoms with van der Waals surface area (Å²) in [6, 6.07) is 2.40. The molecule has 0 aromatic carbocycles. The van der Waals surface area contributed by atoms with Gasteiger partial charge in [0.05, 0.1) is 5.41 Å². The summed E-state index contributed by atoms with van der Waals surface area (Å²) in [6.45, 7) is 1.84. The van der Waals surface area contributed by atoms with Crippen LogP contribution >= 0.6 is 0 Å². The average molecular weight is 447 g/mol. The molecule has 0 saturated heterocycles. The number of nitrogens with zero attached hydrogens (tertiary/aromatic N) is 2. The number of hydrogen-bond donors (Lipinski definition) is 3. The number of carbonyl (C=O) groups excluding carboxylic acids is 4. The molecule has 172 valence electrons. The molecule has 1 aromatic rings. The number of rotatable bonds is 6. The van der Waals surface area contributed by atoms with E-state index in [1.165, 1.54) is 24.3 Å². The number of amides is 3. The largest absolute Gasteiger partial charge is 0.492 e. The fraction of sp³-hybridized carbons (Fsp3) is 0.429. The van der Waals surface area contributed by atoms with Crippen molar-refractivity contribution in [1.29, 1.82) is 0 Å². The minimum atomic E-state index is -0.893. The molecule has 3 N–H and O–H groups in total. The summed E-state index contributed by atoms with van der Waals surface area (Å²) in [4.78, 5) is 53.8. The Kier molecular flexibility index (Phi) is 6.86. The highest BCUT2D eigenvalue weighted by Crippen LogP contribution is 2.33. The second-order valence-corrected chi connectivity index (χ2v) is 7.84. The molecule has 2 unspecified atom stereocenters. The second kappa shape index (κ2) is 9.58. The van der Waals surface area contributed by atoms with Gasteiger partial charge in [0, 0.05) is 37.4 Å². The predicted molar refractivity (Wildman–Crippen MR) is 109 cm³/mol. The van der Waals surface area contributed by atoms with Crippen LogP contribution in [0.4, 0.5) is 4.79 Å². The summed E-state index contributed by atoms with van der Waals surface area (Å²) in [7, 11) is 0. The number of aromatic hydroxyl groups is 2. The summed E-state index contributed by atoms with van der Waals surface area (Å²) < 4.78 is 6.02. The van der Waals surface area contributed by atoms with Gasteiger partial charge < -0.3 is 25.1 Å². The Hall–Kier alpha value is -3.76. The molecule has 0 saturated carbocycles. The van der Waals surface area contributed by atoms with Crippen molar-refractivity contribution in [2.24, 2.45) is 5.41 Å². The third-order valence-corrected chi connectivity index (χ3v) is 5.36. The van der Waals surface area contributed by atoms with Gasteiger partial charge in [-0.25, -0.2) is 9.59 Å². The van der Waals surface area contributed by atoms with Crippen molar-refractivity contribution in [2.45, 2.75) is 38.7 Å². The number of aromatic nitrogens is 1. The number of ether oxygens (including phenoxy) is 1. The van der Waals surface area contributed by atoms with Crippen LogP contribution in [0.25, 0.3) is 0 Å². The van der Waals surface area contributed by atoms with Crippen LogP contribution < -0.4 is 10.2 Å². The Morgan fingerprint density at radius 1 is 1.19 bits per heavy atom.